The van der Waals surface area contributed by atoms with Gasteiger partial charge in [0.05, 0.1) is 22.4 Å². The zero-order valence-electron chi connectivity index (χ0n) is 25.1. The van der Waals surface area contributed by atoms with Gasteiger partial charge in [-0.2, -0.15) is 5.10 Å². The van der Waals surface area contributed by atoms with Crippen LogP contribution in [0.3, 0.4) is 0 Å². The lowest BCUT2D eigenvalue weighted by Crippen LogP contribution is -2.53. The fourth-order valence-electron chi connectivity index (χ4n) is 6.04. The van der Waals surface area contributed by atoms with E-state index < -0.39 is 0 Å². The summed E-state index contributed by atoms with van der Waals surface area (Å²) in [5.41, 5.74) is 5.34. The van der Waals surface area contributed by atoms with Crippen LogP contribution in [0.5, 0.6) is 11.5 Å². The number of ether oxygens (including phenoxy) is 2. The molecule has 3 aromatic carbocycles. The molecule has 7 rings (SSSR count). The van der Waals surface area contributed by atoms with Crippen LogP contribution in [-0.2, 0) is 14.4 Å². The molecule has 3 aliphatic heterocycles. The van der Waals surface area contributed by atoms with Gasteiger partial charge in [0.2, 0.25) is 24.5 Å². The number of hydrogen-bond acceptors (Lipinski definition) is 7. The summed E-state index contributed by atoms with van der Waals surface area (Å²) >= 11 is 1.51. The van der Waals surface area contributed by atoms with Gasteiger partial charge in [-0.15, -0.1) is 11.8 Å². The first-order valence-corrected chi connectivity index (χ1v) is 16.0. The van der Waals surface area contributed by atoms with Crippen LogP contribution in [0.4, 0.5) is 5.82 Å². The number of piperazine rings is 1. The molecule has 0 N–H and O–H groups in total. The highest BCUT2D eigenvalue weighted by Crippen LogP contribution is 2.50. The fourth-order valence-corrected chi connectivity index (χ4v) is 7.23. The van der Waals surface area contributed by atoms with E-state index in [-0.39, 0.29) is 42.1 Å². The first-order valence-electron chi connectivity index (χ1n) is 15.0. The normalized spacial score (nSPS) is 17.7. The molecule has 4 aromatic rings. The quantitative estimate of drug-likeness (QED) is 0.325. The predicted molar refractivity (Wildman–Crippen MR) is 172 cm³/mol. The first-order chi connectivity index (χ1) is 21.9. The number of rotatable bonds is 5. The van der Waals surface area contributed by atoms with Gasteiger partial charge in [0.1, 0.15) is 12.4 Å². The highest BCUT2D eigenvalue weighted by atomic mass is 32.2. The Morgan fingerprint density at radius 1 is 0.911 bits per heavy atom. The molecule has 3 amide bonds. The Labute approximate surface area is 265 Å². The van der Waals surface area contributed by atoms with E-state index in [4.69, 9.17) is 14.6 Å². The molecule has 11 heteroatoms. The molecule has 0 unspecified atom stereocenters. The molecule has 3 aliphatic rings. The third-order valence-electron chi connectivity index (χ3n) is 8.49. The Morgan fingerprint density at radius 3 is 2.36 bits per heavy atom. The second kappa shape index (κ2) is 12.0. The number of carbonyl (C=O) groups excluding carboxylic acids is 3. The molecular formula is C34H33N5O5S. The molecule has 0 spiro atoms. The second-order valence-corrected chi connectivity index (χ2v) is 12.5. The van der Waals surface area contributed by atoms with Gasteiger partial charge < -0.3 is 19.3 Å². The Bertz CT molecular complexity index is 1770. The second-order valence-electron chi connectivity index (χ2n) is 11.4. The van der Waals surface area contributed by atoms with E-state index in [9.17, 15) is 14.4 Å². The van der Waals surface area contributed by atoms with Crippen LogP contribution in [0.2, 0.25) is 0 Å². The van der Waals surface area contributed by atoms with Crippen molar-refractivity contribution in [3.63, 3.8) is 0 Å². The van der Waals surface area contributed by atoms with Gasteiger partial charge >= 0.3 is 0 Å². The lowest BCUT2D eigenvalue weighted by atomic mass is 9.99. The van der Waals surface area contributed by atoms with Crippen LogP contribution in [0.25, 0.3) is 16.9 Å². The summed E-state index contributed by atoms with van der Waals surface area (Å²) in [5, 5.41) is 4.89. The summed E-state index contributed by atoms with van der Waals surface area (Å²) < 4.78 is 13.1. The van der Waals surface area contributed by atoms with Crippen LogP contribution in [0, 0.1) is 6.92 Å². The van der Waals surface area contributed by atoms with Crippen molar-refractivity contribution in [2.45, 2.75) is 19.1 Å². The maximum Gasteiger partial charge on any atom is 0.242 e. The highest BCUT2D eigenvalue weighted by molar-refractivity contribution is 8.00. The van der Waals surface area contributed by atoms with Gasteiger partial charge in [-0.3, -0.25) is 19.3 Å². The maximum atomic E-state index is 14.1. The Kier molecular flexibility index (Phi) is 7.70. The largest absolute Gasteiger partial charge is 0.454 e. The summed E-state index contributed by atoms with van der Waals surface area (Å²) in [6.45, 7) is 5.39. The average molecular weight is 624 g/mol. The summed E-state index contributed by atoms with van der Waals surface area (Å²) in [7, 11) is 0. The van der Waals surface area contributed by atoms with Crippen molar-refractivity contribution in [3.05, 3.63) is 89.5 Å². The average Bonchev–Trinajstić information content (AvgIpc) is 3.66. The Hall–Kier alpha value is -4.77. The summed E-state index contributed by atoms with van der Waals surface area (Å²) in [4.78, 5) is 44.9. The van der Waals surface area contributed by atoms with E-state index in [0.717, 1.165) is 33.6 Å². The topological polar surface area (TPSA) is 97.2 Å². The smallest absolute Gasteiger partial charge is 0.242 e. The molecule has 10 nitrogen and oxygen atoms in total. The van der Waals surface area contributed by atoms with Crippen LogP contribution >= 0.6 is 11.8 Å². The number of aromatic nitrogens is 2. The zero-order valence-corrected chi connectivity index (χ0v) is 26.0. The van der Waals surface area contributed by atoms with Gasteiger partial charge in [-0.05, 0) is 36.8 Å². The summed E-state index contributed by atoms with van der Waals surface area (Å²) in [6, 6.07) is 23.8. The van der Waals surface area contributed by atoms with Crippen LogP contribution < -0.4 is 14.4 Å². The molecule has 1 saturated heterocycles. The summed E-state index contributed by atoms with van der Waals surface area (Å²) in [6.07, 6.45) is 0. The number of thioether (sulfide) groups is 1. The minimum Gasteiger partial charge on any atom is -0.454 e. The number of carbonyl (C=O) groups is 3. The van der Waals surface area contributed by atoms with Crippen molar-refractivity contribution in [1.29, 1.82) is 0 Å². The predicted octanol–water partition coefficient (Wildman–Crippen LogP) is 4.44. The van der Waals surface area contributed by atoms with Crippen molar-refractivity contribution in [2.24, 2.45) is 0 Å². The maximum absolute atomic E-state index is 14.1. The number of benzene rings is 3. The van der Waals surface area contributed by atoms with Crippen molar-refractivity contribution >= 4 is 35.3 Å². The highest BCUT2D eigenvalue weighted by Gasteiger charge is 2.39. The van der Waals surface area contributed by atoms with E-state index in [1.807, 2.05) is 84.4 Å². The van der Waals surface area contributed by atoms with Crippen molar-refractivity contribution in [3.8, 4) is 28.4 Å². The number of amides is 3. The summed E-state index contributed by atoms with van der Waals surface area (Å²) in [5.74, 6) is 1.75. The van der Waals surface area contributed by atoms with Gasteiger partial charge in [-0.1, -0.05) is 54.1 Å². The molecule has 45 heavy (non-hydrogen) atoms. The van der Waals surface area contributed by atoms with Crippen LogP contribution in [0.15, 0.2) is 72.8 Å². The number of nitrogens with zero attached hydrogens (tertiary/aromatic N) is 5. The zero-order chi connectivity index (χ0) is 31.1. The SMILES string of the molecule is CC(=O)N1CCN(C(=O)CN2C(=O)CS[C@@H](c3ccc4c(c3)OCO4)c3c(-c4ccccc4)nn(-c4ccc(C)cc4)c32)CC1. The van der Waals surface area contributed by atoms with Gasteiger partial charge in [-0.25, -0.2) is 4.68 Å². The Morgan fingerprint density at radius 2 is 1.62 bits per heavy atom. The van der Waals surface area contributed by atoms with Crippen molar-refractivity contribution in [2.75, 3.05) is 50.2 Å². The number of hydrogen-bond donors (Lipinski definition) is 0. The van der Waals surface area contributed by atoms with Crippen LogP contribution in [-0.4, -0.2) is 82.6 Å². The third kappa shape index (κ3) is 5.52. The molecule has 0 radical (unpaired) electrons. The Balaban J connectivity index is 1.38. The van der Waals surface area contributed by atoms with Crippen LogP contribution in [0.1, 0.15) is 28.9 Å². The standard InChI is InChI=1S/C34H33N5O5S/c1-22-8-11-26(12-9-22)39-34-31(32(35-39)24-6-4-3-5-7-24)33(25-10-13-27-28(18-25)44-21-43-27)45-20-30(42)38(34)19-29(41)37-16-14-36(15-17-37)23(2)40/h3-13,18,33H,14-17,19-21H2,1-2H3/t33-/m0/s1. The van der Waals surface area contributed by atoms with E-state index in [1.54, 1.807) is 21.6 Å². The first kappa shape index (κ1) is 29.0. The molecule has 230 valence electrons. The van der Waals surface area contributed by atoms with E-state index in [0.29, 0.717) is 43.5 Å². The number of anilines is 1. The molecule has 1 atom stereocenters. The third-order valence-corrected chi connectivity index (χ3v) is 9.74. The molecule has 0 saturated carbocycles. The molecule has 0 bridgehead atoms. The number of fused-ring (bicyclic) bond motifs is 2. The molecular weight excluding hydrogens is 590 g/mol. The van der Waals surface area contributed by atoms with Crippen molar-refractivity contribution < 1.29 is 23.9 Å². The molecule has 4 heterocycles. The lowest BCUT2D eigenvalue weighted by molar-refractivity contribution is -0.137. The monoisotopic (exact) mass is 623 g/mol. The molecule has 1 fully saturated rings. The number of aryl methyl sites for hydroxylation is 1. The van der Waals surface area contributed by atoms with Gasteiger partial charge in [0.25, 0.3) is 0 Å². The van der Waals surface area contributed by atoms with E-state index in [2.05, 4.69) is 0 Å². The van der Waals surface area contributed by atoms with E-state index in [1.165, 1.54) is 11.8 Å². The minimum absolute atomic E-state index is 0.00328. The lowest BCUT2D eigenvalue weighted by Gasteiger charge is -2.35. The van der Waals surface area contributed by atoms with Crippen molar-refractivity contribution in [1.82, 2.24) is 19.6 Å². The van der Waals surface area contributed by atoms with E-state index >= 15 is 0 Å². The molecule has 1 aromatic heterocycles. The van der Waals surface area contributed by atoms with Gasteiger partial charge in [0.15, 0.2) is 11.5 Å². The fraction of sp³-hybridized carbons (Fsp3) is 0.294. The molecule has 0 aliphatic carbocycles. The van der Waals surface area contributed by atoms with Gasteiger partial charge in [0, 0.05) is 44.2 Å². The minimum atomic E-state index is -0.285.